The Labute approximate surface area is 134 Å². The summed E-state index contributed by atoms with van der Waals surface area (Å²) in [7, 11) is 4.08. The van der Waals surface area contributed by atoms with Gasteiger partial charge in [0, 0.05) is 10.6 Å². The molecule has 0 aliphatic carbocycles. The van der Waals surface area contributed by atoms with Crippen LogP contribution in [0.5, 0.6) is 0 Å². The summed E-state index contributed by atoms with van der Waals surface area (Å²) in [6.45, 7) is 0. The van der Waals surface area contributed by atoms with Crippen molar-refractivity contribution in [3.05, 3.63) is 91.0 Å². The molecule has 0 aliphatic rings. The van der Waals surface area contributed by atoms with Crippen LogP contribution in [0.4, 0.5) is 5.69 Å². The van der Waals surface area contributed by atoms with Gasteiger partial charge < -0.3 is 0 Å². The van der Waals surface area contributed by atoms with Gasteiger partial charge in [0.1, 0.15) is 5.69 Å². The van der Waals surface area contributed by atoms with E-state index in [-0.39, 0.29) is 0 Å². The van der Waals surface area contributed by atoms with Crippen LogP contribution < -0.4 is 14.9 Å². The fraction of sp³-hybridized carbons (Fsp3) is 0.100. The van der Waals surface area contributed by atoms with Crippen LogP contribution in [0.1, 0.15) is 0 Å². The zero-order valence-corrected chi connectivity index (χ0v) is 13.9. The number of quaternary nitrogens is 1. The molecule has 3 aromatic rings. The summed E-state index contributed by atoms with van der Waals surface area (Å²) in [5, 5.41) is 2.80. The van der Waals surface area contributed by atoms with E-state index in [0.29, 0.717) is 0 Å². The Morgan fingerprint density at radius 3 is 1.32 bits per heavy atom. The summed E-state index contributed by atoms with van der Waals surface area (Å²) in [5.74, 6) is 0. The summed E-state index contributed by atoms with van der Waals surface area (Å²) >= 11 is 0. The van der Waals surface area contributed by atoms with Crippen LogP contribution in [0, 0.1) is 0 Å². The van der Waals surface area contributed by atoms with E-state index in [1.54, 1.807) is 0 Å². The van der Waals surface area contributed by atoms with E-state index in [0.717, 1.165) is 4.25 Å². The topological polar surface area (TPSA) is 0 Å². The molecule has 1 nitrogen and oxygen atoms in total. The van der Waals surface area contributed by atoms with Gasteiger partial charge in [0.15, 0.2) is 8.07 Å². The van der Waals surface area contributed by atoms with E-state index < -0.39 is 8.07 Å². The van der Waals surface area contributed by atoms with Crippen LogP contribution >= 0.6 is 8.07 Å². The Hall–Kier alpha value is -1.95. The highest BCUT2D eigenvalue weighted by atomic mass is 31.1. The quantitative estimate of drug-likeness (QED) is 0.630. The minimum Gasteiger partial charge on any atom is -0.275 e. The van der Waals surface area contributed by atoms with Crippen molar-refractivity contribution in [2.75, 3.05) is 14.1 Å². The van der Waals surface area contributed by atoms with E-state index in [4.69, 9.17) is 0 Å². The summed E-state index contributed by atoms with van der Waals surface area (Å²) < 4.78 is 0.851. The van der Waals surface area contributed by atoms with E-state index in [1.807, 2.05) is 0 Å². The van der Waals surface area contributed by atoms with E-state index in [2.05, 4.69) is 105 Å². The molecule has 22 heavy (non-hydrogen) atoms. The molecular formula is C20H21NP+. The standard InChI is InChI=1S/C20H21NP/c1-21(2,18-12-6-3-7-13-18)22(19-14-8-4-9-15-19)20-16-10-5-11-17-20/h3-17H,1-2H3/q+1. The summed E-state index contributed by atoms with van der Waals surface area (Å²) in [6, 6.07) is 32.5. The number of benzene rings is 3. The molecule has 2 heteroatoms. The Bertz CT molecular complexity index is 669. The summed E-state index contributed by atoms with van der Waals surface area (Å²) in [6.07, 6.45) is 0. The molecule has 0 atom stereocenters. The number of nitrogens with zero attached hydrogens (tertiary/aromatic N) is 1. The van der Waals surface area contributed by atoms with E-state index in [9.17, 15) is 0 Å². The van der Waals surface area contributed by atoms with Gasteiger partial charge in [-0.15, -0.1) is 0 Å². The van der Waals surface area contributed by atoms with Crippen molar-refractivity contribution in [2.24, 2.45) is 0 Å². The van der Waals surface area contributed by atoms with Crippen LogP contribution in [0.3, 0.4) is 0 Å². The number of rotatable bonds is 4. The second-order valence-electron chi connectivity index (χ2n) is 5.71. The Kier molecular flexibility index (Phi) is 4.38. The van der Waals surface area contributed by atoms with Crippen LogP contribution in [0.15, 0.2) is 91.0 Å². The second kappa shape index (κ2) is 6.44. The van der Waals surface area contributed by atoms with Crippen LogP contribution in [0.2, 0.25) is 0 Å². The first-order valence-corrected chi connectivity index (χ1v) is 8.79. The van der Waals surface area contributed by atoms with Crippen molar-refractivity contribution in [3.8, 4) is 0 Å². The number of para-hydroxylation sites is 1. The largest absolute Gasteiger partial charge is 0.275 e. The lowest BCUT2D eigenvalue weighted by Gasteiger charge is -2.37. The molecule has 3 rings (SSSR count). The maximum absolute atomic E-state index is 2.31. The minimum atomic E-state index is -0.533. The zero-order valence-electron chi connectivity index (χ0n) is 13.1. The smallest absolute Gasteiger partial charge is 0.173 e. The third-order valence-electron chi connectivity index (χ3n) is 3.89. The Balaban J connectivity index is 2.14. The normalized spacial score (nSPS) is 11.6. The Morgan fingerprint density at radius 1 is 0.545 bits per heavy atom. The molecule has 0 aromatic heterocycles. The summed E-state index contributed by atoms with van der Waals surface area (Å²) in [4.78, 5) is 0. The van der Waals surface area contributed by atoms with Gasteiger partial charge in [0.25, 0.3) is 0 Å². The lowest BCUT2D eigenvalue weighted by Crippen LogP contribution is -2.41. The van der Waals surface area contributed by atoms with E-state index in [1.165, 1.54) is 16.3 Å². The molecular weight excluding hydrogens is 285 g/mol. The van der Waals surface area contributed by atoms with Crippen molar-refractivity contribution >= 4 is 24.4 Å². The molecule has 0 saturated carbocycles. The molecule has 110 valence electrons. The molecule has 0 radical (unpaired) electrons. The highest BCUT2D eigenvalue weighted by Gasteiger charge is 2.34. The fourth-order valence-electron chi connectivity index (χ4n) is 2.77. The molecule has 0 unspecified atom stereocenters. The van der Waals surface area contributed by atoms with Crippen LogP contribution in [-0.4, -0.2) is 14.1 Å². The third-order valence-corrected chi connectivity index (χ3v) is 6.70. The maximum atomic E-state index is 2.31. The average Bonchev–Trinajstić information content (AvgIpc) is 2.58. The summed E-state index contributed by atoms with van der Waals surface area (Å²) in [5.41, 5.74) is 1.33. The van der Waals surface area contributed by atoms with Crippen molar-refractivity contribution in [2.45, 2.75) is 0 Å². The van der Waals surface area contributed by atoms with Gasteiger partial charge in [0.05, 0.1) is 14.1 Å². The molecule has 0 spiro atoms. The molecule has 0 heterocycles. The molecule has 3 aromatic carbocycles. The first kappa shape index (κ1) is 15.0. The molecule has 0 N–H and O–H groups in total. The molecule has 0 aliphatic heterocycles. The zero-order chi connectivity index (χ0) is 15.4. The minimum absolute atomic E-state index is 0.533. The predicted octanol–water partition coefficient (Wildman–Crippen LogP) is 4.30. The van der Waals surface area contributed by atoms with Gasteiger partial charge in [-0.25, -0.2) is 0 Å². The number of hydrogen-bond donors (Lipinski definition) is 0. The van der Waals surface area contributed by atoms with E-state index >= 15 is 0 Å². The van der Waals surface area contributed by atoms with Crippen LogP contribution in [-0.2, 0) is 0 Å². The lowest BCUT2D eigenvalue weighted by molar-refractivity contribution is 0.653. The van der Waals surface area contributed by atoms with Gasteiger partial charge >= 0.3 is 0 Å². The first-order valence-electron chi connectivity index (χ1n) is 7.50. The van der Waals surface area contributed by atoms with Crippen molar-refractivity contribution in [3.63, 3.8) is 0 Å². The van der Waals surface area contributed by atoms with Crippen LogP contribution in [0.25, 0.3) is 0 Å². The third kappa shape index (κ3) is 2.97. The van der Waals surface area contributed by atoms with Gasteiger partial charge in [-0.2, -0.15) is 0 Å². The van der Waals surface area contributed by atoms with Gasteiger partial charge in [-0.3, -0.25) is 4.25 Å². The molecule has 0 fully saturated rings. The number of hydrogen-bond acceptors (Lipinski definition) is 0. The van der Waals surface area contributed by atoms with Gasteiger partial charge in [0.2, 0.25) is 0 Å². The second-order valence-corrected chi connectivity index (χ2v) is 8.37. The van der Waals surface area contributed by atoms with Crippen molar-refractivity contribution in [1.29, 1.82) is 0 Å². The maximum Gasteiger partial charge on any atom is 0.173 e. The monoisotopic (exact) mass is 306 g/mol. The lowest BCUT2D eigenvalue weighted by atomic mass is 10.3. The van der Waals surface area contributed by atoms with Crippen molar-refractivity contribution < 1.29 is 0 Å². The first-order chi connectivity index (χ1) is 10.7. The highest BCUT2D eigenvalue weighted by molar-refractivity contribution is 7.72. The Morgan fingerprint density at radius 2 is 0.909 bits per heavy atom. The molecule has 0 bridgehead atoms. The van der Waals surface area contributed by atoms with Crippen molar-refractivity contribution in [1.82, 2.24) is 4.25 Å². The fourth-order valence-corrected chi connectivity index (χ4v) is 5.50. The average molecular weight is 306 g/mol. The van der Waals surface area contributed by atoms with Gasteiger partial charge in [-0.1, -0.05) is 54.6 Å². The molecule has 0 amide bonds. The predicted molar refractivity (Wildman–Crippen MR) is 99.2 cm³/mol. The SMILES string of the molecule is C[N+](C)(c1ccccc1)P(c1ccccc1)c1ccccc1. The van der Waals surface area contributed by atoms with Gasteiger partial charge in [-0.05, 0) is 36.4 Å². The highest BCUT2D eigenvalue weighted by Crippen LogP contribution is 2.46. The molecule has 0 saturated heterocycles.